The van der Waals surface area contributed by atoms with Crippen LogP contribution in [0.3, 0.4) is 0 Å². The van der Waals surface area contributed by atoms with Crippen LogP contribution in [0.2, 0.25) is 0 Å². The molecule has 5 rings (SSSR count). The van der Waals surface area contributed by atoms with E-state index in [0.29, 0.717) is 28.5 Å². The van der Waals surface area contributed by atoms with Crippen molar-refractivity contribution in [2.24, 2.45) is 4.99 Å². The number of methoxy groups -OCH3 is 2. The number of hydrogen-bond donors (Lipinski definition) is 1. The highest BCUT2D eigenvalue weighted by molar-refractivity contribution is 7.07. The van der Waals surface area contributed by atoms with Gasteiger partial charge in [0.25, 0.3) is 5.69 Å². The van der Waals surface area contributed by atoms with E-state index in [0.717, 1.165) is 23.2 Å². The maximum absolute atomic E-state index is 11.6. The molecule has 1 N–H and O–H groups in total. The Morgan fingerprint density at radius 3 is 2.67 bits per heavy atom. The lowest BCUT2D eigenvalue weighted by Crippen LogP contribution is -2.17. The first kappa shape index (κ1) is 23.4. The van der Waals surface area contributed by atoms with Crippen LogP contribution >= 0.6 is 11.3 Å². The molecule has 0 saturated heterocycles. The molecule has 0 atom stereocenters. The number of nitro groups is 1. The Labute approximate surface area is 211 Å². The van der Waals surface area contributed by atoms with E-state index in [9.17, 15) is 10.1 Å². The molecule has 0 amide bonds. The van der Waals surface area contributed by atoms with Gasteiger partial charge in [0.05, 0.1) is 24.8 Å². The molecule has 182 valence electrons. The van der Waals surface area contributed by atoms with E-state index in [2.05, 4.69) is 21.7 Å². The molecule has 2 aromatic heterocycles. The molecule has 5 aromatic rings. The maximum Gasteiger partial charge on any atom is 0.294 e. The lowest BCUT2D eigenvalue weighted by molar-refractivity contribution is -0.384. The zero-order valence-corrected chi connectivity index (χ0v) is 20.6. The van der Waals surface area contributed by atoms with Crippen molar-refractivity contribution in [2.75, 3.05) is 14.2 Å². The molecule has 0 aliphatic rings. The maximum atomic E-state index is 11.6. The summed E-state index contributed by atoms with van der Waals surface area (Å²) in [6, 6.07) is 20.4. The van der Waals surface area contributed by atoms with Gasteiger partial charge in [-0.1, -0.05) is 30.3 Å². The minimum Gasteiger partial charge on any atom is -0.497 e. The normalized spacial score (nSPS) is 11.7. The van der Waals surface area contributed by atoms with Crippen LogP contribution in [-0.4, -0.2) is 28.7 Å². The van der Waals surface area contributed by atoms with E-state index in [1.807, 2.05) is 41.9 Å². The largest absolute Gasteiger partial charge is 0.497 e. The fourth-order valence-corrected chi connectivity index (χ4v) is 5.19. The van der Waals surface area contributed by atoms with Gasteiger partial charge in [-0.25, -0.2) is 4.99 Å². The SMILES string of the molecule is COc1ccc(OC)c(-c2csc(=Nc3ccccc3[N+](=O)[O-])n2CCc2c[nH]c3ccccc23)c1. The molecule has 36 heavy (non-hydrogen) atoms. The predicted octanol–water partition coefficient (Wildman–Crippen LogP) is 6.10. The molecule has 8 nitrogen and oxygen atoms in total. The van der Waals surface area contributed by atoms with Crippen LogP contribution in [0.4, 0.5) is 11.4 Å². The van der Waals surface area contributed by atoms with Gasteiger partial charge in [0.15, 0.2) is 4.80 Å². The van der Waals surface area contributed by atoms with Crippen molar-refractivity contribution < 1.29 is 14.4 Å². The quantitative estimate of drug-likeness (QED) is 0.206. The highest BCUT2D eigenvalue weighted by Crippen LogP contribution is 2.34. The average molecular weight is 501 g/mol. The van der Waals surface area contributed by atoms with Crippen molar-refractivity contribution in [1.82, 2.24) is 9.55 Å². The monoisotopic (exact) mass is 500 g/mol. The molecule has 0 spiro atoms. The second kappa shape index (κ2) is 10.1. The van der Waals surface area contributed by atoms with E-state index < -0.39 is 4.92 Å². The molecular weight excluding hydrogens is 476 g/mol. The number of hydrogen-bond acceptors (Lipinski definition) is 6. The number of aromatic amines is 1. The molecule has 0 saturated carbocycles. The molecule has 9 heteroatoms. The van der Waals surface area contributed by atoms with Gasteiger partial charge in [-0.05, 0) is 42.3 Å². The Balaban J connectivity index is 1.65. The number of nitrogens with one attached hydrogen (secondary N) is 1. The fraction of sp³-hybridized carbons (Fsp3) is 0.148. The van der Waals surface area contributed by atoms with Crippen molar-refractivity contribution >= 4 is 33.6 Å². The molecule has 0 bridgehead atoms. The van der Waals surface area contributed by atoms with Crippen LogP contribution in [-0.2, 0) is 13.0 Å². The Hall–Kier alpha value is -4.37. The summed E-state index contributed by atoms with van der Waals surface area (Å²) >= 11 is 1.43. The summed E-state index contributed by atoms with van der Waals surface area (Å²) in [5.41, 5.74) is 4.31. The molecular formula is C27H24N4O4S. The third-order valence-electron chi connectivity index (χ3n) is 6.05. The van der Waals surface area contributed by atoms with Gasteiger partial charge >= 0.3 is 0 Å². The summed E-state index contributed by atoms with van der Waals surface area (Å²) in [6.45, 7) is 0.612. The Morgan fingerprint density at radius 1 is 1.06 bits per heavy atom. The van der Waals surface area contributed by atoms with Crippen LogP contribution < -0.4 is 14.3 Å². The average Bonchev–Trinajstić information content (AvgIpc) is 3.51. The molecule has 2 heterocycles. The van der Waals surface area contributed by atoms with E-state index in [4.69, 9.17) is 14.5 Å². The smallest absolute Gasteiger partial charge is 0.294 e. The Bertz CT molecular complexity index is 1620. The third-order valence-corrected chi connectivity index (χ3v) is 6.92. The predicted molar refractivity (Wildman–Crippen MR) is 141 cm³/mol. The van der Waals surface area contributed by atoms with E-state index in [1.54, 1.807) is 32.4 Å². The highest BCUT2D eigenvalue weighted by Gasteiger charge is 2.17. The summed E-state index contributed by atoms with van der Waals surface area (Å²) in [5, 5.41) is 14.8. The highest BCUT2D eigenvalue weighted by atomic mass is 32.1. The number of thiazole rings is 1. The Kier molecular flexibility index (Phi) is 6.55. The van der Waals surface area contributed by atoms with Gasteiger partial charge in [-0.3, -0.25) is 10.1 Å². The number of aryl methyl sites for hydroxylation is 1. The molecule has 0 aliphatic heterocycles. The van der Waals surface area contributed by atoms with Gasteiger partial charge in [0.1, 0.15) is 17.2 Å². The standard InChI is InChI=1S/C27H24N4O4S/c1-34-19-11-12-26(35-2)21(15-19)25-17-36-27(29-23-9-5-6-10-24(23)31(32)33)30(25)14-13-18-16-28-22-8-4-3-7-20(18)22/h3-12,15-17,28H,13-14H2,1-2H3. The minimum atomic E-state index is -0.408. The van der Waals surface area contributed by atoms with Crippen molar-refractivity contribution in [3.05, 3.63) is 98.8 Å². The summed E-state index contributed by atoms with van der Waals surface area (Å²) in [4.78, 5) is 19.9. The summed E-state index contributed by atoms with van der Waals surface area (Å²) < 4.78 is 13.2. The number of aromatic nitrogens is 2. The number of rotatable bonds is 8. The van der Waals surface area contributed by atoms with Gasteiger partial charge in [-0.15, -0.1) is 11.3 Å². The number of para-hydroxylation sites is 3. The number of nitrogens with zero attached hydrogens (tertiary/aromatic N) is 3. The number of ether oxygens (including phenoxy) is 2. The summed E-state index contributed by atoms with van der Waals surface area (Å²) in [6.07, 6.45) is 2.77. The van der Waals surface area contributed by atoms with Crippen molar-refractivity contribution in [3.63, 3.8) is 0 Å². The second-order valence-electron chi connectivity index (χ2n) is 8.09. The first-order valence-corrected chi connectivity index (χ1v) is 12.2. The topological polar surface area (TPSA) is 94.7 Å². The van der Waals surface area contributed by atoms with Gasteiger partial charge < -0.3 is 19.0 Å². The van der Waals surface area contributed by atoms with Crippen LogP contribution in [0.1, 0.15) is 5.56 Å². The molecule has 0 fully saturated rings. The second-order valence-corrected chi connectivity index (χ2v) is 8.93. The summed E-state index contributed by atoms with van der Waals surface area (Å²) in [7, 11) is 3.26. The van der Waals surface area contributed by atoms with Gasteiger partial charge in [-0.2, -0.15) is 0 Å². The van der Waals surface area contributed by atoms with Gasteiger partial charge in [0.2, 0.25) is 0 Å². The van der Waals surface area contributed by atoms with Crippen molar-refractivity contribution in [1.29, 1.82) is 0 Å². The lowest BCUT2D eigenvalue weighted by atomic mass is 10.1. The number of benzene rings is 3. The fourth-order valence-electron chi connectivity index (χ4n) is 4.25. The molecule has 0 unspecified atom stereocenters. The summed E-state index contributed by atoms with van der Waals surface area (Å²) in [5.74, 6) is 1.41. The zero-order chi connectivity index (χ0) is 25.1. The van der Waals surface area contributed by atoms with E-state index in [1.165, 1.54) is 28.4 Å². The van der Waals surface area contributed by atoms with Gasteiger partial charge in [0, 0.05) is 40.7 Å². The zero-order valence-electron chi connectivity index (χ0n) is 19.8. The van der Waals surface area contributed by atoms with E-state index in [-0.39, 0.29) is 5.69 Å². The minimum absolute atomic E-state index is 0.0328. The lowest BCUT2D eigenvalue weighted by Gasteiger charge is -2.13. The molecule has 0 aliphatic carbocycles. The number of nitro benzene ring substituents is 1. The van der Waals surface area contributed by atoms with Crippen LogP contribution in [0.25, 0.3) is 22.2 Å². The van der Waals surface area contributed by atoms with E-state index >= 15 is 0 Å². The molecule has 3 aromatic carbocycles. The Morgan fingerprint density at radius 2 is 1.86 bits per heavy atom. The first-order chi connectivity index (χ1) is 17.6. The van der Waals surface area contributed by atoms with Crippen molar-refractivity contribution in [3.8, 4) is 22.8 Å². The van der Waals surface area contributed by atoms with Crippen molar-refractivity contribution in [2.45, 2.75) is 13.0 Å². The third kappa shape index (κ3) is 4.48. The number of H-pyrrole nitrogens is 1. The first-order valence-electron chi connectivity index (χ1n) is 11.3. The van der Waals surface area contributed by atoms with Crippen LogP contribution in [0.5, 0.6) is 11.5 Å². The van der Waals surface area contributed by atoms with Crippen LogP contribution in [0.15, 0.2) is 83.3 Å². The number of fused-ring (bicyclic) bond motifs is 1. The molecule has 0 radical (unpaired) electrons. The van der Waals surface area contributed by atoms with Crippen LogP contribution in [0, 0.1) is 10.1 Å².